The highest BCUT2D eigenvalue weighted by atomic mass is 16.7. The number of benzene rings is 1. The second kappa shape index (κ2) is 4.99. The zero-order valence-electron chi connectivity index (χ0n) is 10.9. The van der Waals surface area contributed by atoms with Crippen molar-refractivity contribution in [2.75, 3.05) is 32.2 Å². The molecule has 1 fully saturated rings. The lowest BCUT2D eigenvalue weighted by atomic mass is 10.1. The van der Waals surface area contributed by atoms with Crippen LogP contribution in [-0.2, 0) is 9.47 Å². The first-order chi connectivity index (χ1) is 9.24. The largest absolute Gasteiger partial charge is 0.346 e. The topological polar surface area (TPSA) is 60.6 Å². The minimum atomic E-state index is -0.295. The van der Waals surface area contributed by atoms with E-state index in [1.807, 2.05) is 38.4 Å². The fourth-order valence-electron chi connectivity index (χ4n) is 1.88. The smallest absolute Gasteiger partial charge is 0.265 e. The molecule has 2 heterocycles. The Morgan fingerprint density at radius 1 is 1.21 bits per heavy atom. The van der Waals surface area contributed by atoms with Gasteiger partial charge in [0.25, 0.3) is 11.8 Å². The van der Waals surface area contributed by atoms with Crippen LogP contribution in [-0.4, -0.2) is 37.4 Å². The van der Waals surface area contributed by atoms with Crippen molar-refractivity contribution in [3.8, 4) is 11.5 Å². The molecule has 0 N–H and O–H groups in total. The van der Waals surface area contributed by atoms with E-state index in [2.05, 4.69) is 10.1 Å². The zero-order valence-corrected chi connectivity index (χ0v) is 10.9. The molecule has 0 unspecified atom stereocenters. The van der Waals surface area contributed by atoms with E-state index in [0.29, 0.717) is 25.1 Å². The number of rotatable bonds is 3. The van der Waals surface area contributed by atoms with Gasteiger partial charge in [0.1, 0.15) is 0 Å². The molecule has 0 amide bonds. The molecule has 100 valence electrons. The number of ether oxygens (including phenoxy) is 2. The van der Waals surface area contributed by atoms with Gasteiger partial charge in [-0.25, -0.2) is 0 Å². The van der Waals surface area contributed by atoms with Crippen molar-refractivity contribution in [1.82, 2.24) is 10.1 Å². The summed E-state index contributed by atoms with van der Waals surface area (Å²) in [5.41, 5.74) is 1.82. The predicted octanol–water partition coefficient (Wildman–Crippen LogP) is 1.85. The van der Waals surface area contributed by atoms with Gasteiger partial charge in [0, 0.05) is 25.2 Å². The van der Waals surface area contributed by atoms with Gasteiger partial charge in [-0.2, -0.15) is 4.98 Å². The summed E-state index contributed by atoms with van der Waals surface area (Å²) in [5.74, 6) is 1.04. The Labute approximate surface area is 110 Å². The van der Waals surface area contributed by atoms with Gasteiger partial charge in [0.15, 0.2) is 6.29 Å². The van der Waals surface area contributed by atoms with Gasteiger partial charge in [0.2, 0.25) is 0 Å². The third-order valence-corrected chi connectivity index (χ3v) is 2.84. The van der Waals surface area contributed by atoms with Crippen LogP contribution in [0.4, 0.5) is 5.95 Å². The Kier molecular flexibility index (Phi) is 3.18. The number of aromatic nitrogens is 2. The van der Waals surface area contributed by atoms with Crippen LogP contribution < -0.4 is 4.90 Å². The van der Waals surface area contributed by atoms with Crippen LogP contribution in [0.1, 0.15) is 11.9 Å². The average molecular weight is 261 g/mol. The molecular weight excluding hydrogens is 246 g/mol. The Bertz CT molecular complexity index is 562. The maximum atomic E-state index is 5.48. The van der Waals surface area contributed by atoms with E-state index >= 15 is 0 Å². The standard InChI is InChI=1S/C13H15N3O3/c1-16(2)13-14-11(19-15-13)9-4-3-5-10(8-9)12-17-6-7-18-12/h3-5,8,12H,6-7H2,1-2H3. The SMILES string of the molecule is CN(C)c1noc(-c2cccc(C3OCCO3)c2)n1. The highest BCUT2D eigenvalue weighted by Gasteiger charge is 2.19. The van der Waals surface area contributed by atoms with Crippen molar-refractivity contribution in [2.24, 2.45) is 0 Å². The molecule has 1 aliphatic rings. The summed E-state index contributed by atoms with van der Waals surface area (Å²) in [6.07, 6.45) is -0.295. The van der Waals surface area contributed by atoms with Gasteiger partial charge < -0.3 is 18.9 Å². The first-order valence-electron chi connectivity index (χ1n) is 6.08. The molecule has 19 heavy (non-hydrogen) atoms. The molecule has 6 nitrogen and oxygen atoms in total. The number of hydrogen-bond acceptors (Lipinski definition) is 6. The summed E-state index contributed by atoms with van der Waals surface area (Å²) in [5, 5.41) is 3.90. The van der Waals surface area contributed by atoms with Gasteiger partial charge in [-0.15, -0.1) is 0 Å². The molecule has 6 heteroatoms. The summed E-state index contributed by atoms with van der Waals surface area (Å²) in [4.78, 5) is 6.11. The van der Waals surface area contributed by atoms with Crippen molar-refractivity contribution < 1.29 is 14.0 Å². The van der Waals surface area contributed by atoms with E-state index in [4.69, 9.17) is 14.0 Å². The first kappa shape index (κ1) is 12.1. The normalized spacial score (nSPS) is 15.9. The molecule has 0 saturated carbocycles. The van der Waals surface area contributed by atoms with E-state index in [1.165, 1.54) is 0 Å². The maximum absolute atomic E-state index is 5.48. The van der Waals surface area contributed by atoms with Crippen LogP contribution >= 0.6 is 0 Å². The lowest BCUT2D eigenvalue weighted by Crippen LogP contribution is -2.10. The number of nitrogens with zero attached hydrogens (tertiary/aromatic N) is 3. The van der Waals surface area contributed by atoms with Gasteiger partial charge in [-0.05, 0) is 17.3 Å². The van der Waals surface area contributed by atoms with Crippen LogP contribution in [0.2, 0.25) is 0 Å². The first-order valence-corrected chi connectivity index (χ1v) is 6.08. The molecule has 0 radical (unpaired) electrons. The Hall–Kier alpha value is -1.92. The van der Waals surface area contributed by atoms with Crippen molar-refractivity contribution in [1.29, 1.82) is 0 Å². The van der Waals surface area contributed by atoms with E-state index in [1.54, 1.807) is 4.90 Å². The molecule has 3 rings (SSSR count). The zero-order chi connectivity index (χ0) is 13.2. The summed E-state index contributed by atoms with van der Waals surface area (Å²) < 4.78 is 16.2. The molecule has 1 aromatic carbocycles. The van der Waals surface area contributed by atoms with Gasteiger partial charge >= 0.3 is 0 Å². The predicted molar refractivity (Wildman–Crippen MR) is 68.7 cm³/mol. The molecule has 1 aliphatic heterocycles. The molecule has 1 aromatic heterocycles. The summed E-state index contributed by atoms with van der Waals surface area (Å²) in [6, 6.07) is 7.76. The van der Waals surface area contributed by atoms with Crippen molar-refractivity contribution in [3.63, 3.8) is 0 Å². The summed E-state index contributed by atoms with van der Waals surface area (Å²) in [7, 11) is 3.73. The molecule has 0 aliphatic carbocycles. The van der Waals surface area contributed by atoms with E-state index < -0.39 is 0 Å². The minimum Gasteiger partial charge on any atom is -0.346 e. The van der Waals surface area contributed by atoms with E-state index in [9.17, 15) is 0 Å². The molecule has 0 spiro atoms. The molecular formula is C13H15N3O3. The highest BCUT2D eigenvalue weighted by molar-refractivity contribution is 5.55. The van der Waals surface area contributed by atoms with Crippen molar-refractivity contribution >= 4 is 5.95 Å². The van der Waals surface area contributed by atoms with Gasteiger partial charge in [-0.3, -0.25) is 0 Å². The monoisotopic (exact) mass is 261 g/mol. The number of anilines is 1. The molecule has 0 bridgehead atoms. The van der Waals surface area contributed by atoms with Gasteiger partial charge in [-0.1, -0.05) is 12.1 Å². The Morgan fingerprint density at radius 3 is 2.68 bits per heavy atom. The van der Waals surface area contributed by atoms with Crippen molar-refractivity contribution in [3.05, 3.63) is 29.8 Å². The lowest BCUT2D eigenvalue weighted by Gasteiger charge is -2.09. The Morgan fingerprint density at radius 2 is 2.00 bits per heavy atom. The summed E-state index contributed by atoms with van der Waals surface area (Å²) >= 11 is 0. The van der Waals surface area contributed by atoms with E-state index in [-0.39, 0.29) is 6.29 Å². The average Bonchev–Trinajstić information content (AvgIpc) is 3.10. The van der Waals surface area contributed by atoms with Crippen LogP contribution in [0.5, 0.6) is 0 Å². The molecule has 1 saturated heterocycles. The van der Waals surface area contributed by atoms with Crippen LogP contribution in [0.15, 0.2) is 28.8 Å². The quantitative estimate of drug-likeness (QED) is 0.840. The summed E-state index contributed by atoms with van der Waals surface area (Å²) in [6.45, 7) is 1.25. The number of hydrogen-bond donors (Lipinski definition) is 0. The third-order valence-electron chi connectivity index (χ3n) is 2.84. The van der Waals surface area contributed by atoms with Crippen molar-refractivity contribution in [2.45, 2.75) is 6.29 Å². The lowest BCUT2D eigenvalue weighted by molar-refractivity contribution is -0.0440. The fourth-order valence-corrected chi connectivity index (χ4v) is 1.88. The van der Waals surface area contributed by atoms with Crippen LogP contribution in [0.3, 0.4) is 0 Å². The van der Waals surface area contributed by atoms with E-state index in [0.717, 1.165) is 11.1 Å². The van der Waals surface area contributed by atoms with Gasteiger partial charge in [0.05, 0.1) is 13.2 Å². The second-order valence-corrected chi connectivity index (χ2v) is 4.49. The minimum absolute atomic E-state index is 0.295. The highest BCUT2D eigenvalue weighted by Crippen LogP contribution is 2.27. The fraction of sp³-hybridized carbons (Fsp3) is 0.385. The molecule has 2 aromatic rings. The van der Waals surface area contributed by atoms with Crippen LogP contribution in [0, 0.1) is 0 Å². The molecule has 0 atom stereocenters. The maximum Gasteiger partial charge on any atom is 0.265 e. The second-order valence-electron chi connectivity index (χ2n) is 4.49. The third kappa shape index (κ3) is 2.45. The van der Waals surface area contributed by atoms with Crippen LogP contribution in [0.25, 0.3) is 11.5 Å². The Balaban J connectivity index is 1.89.